The van der Waals surface area contributed by atoms with Gasteiger partial charge < -0.3 is 21.1 Å². The number of hydrogen-bond acceptors (Lipinski definition) is 5. The Morgan fingerprint density at radius 1 is 1.44 bits per heavy atom. The first-order valence-corrected chi connectivity index (χ1v) is 5.82. The van der Waals surface area contributed by atoms with Crippen molar-refractivity contribution in [3.63, 3.8) is 0 Å². The number of nitrogens with zero attached hydrogens (tertiary/aromatic N) is 1. The van der Waals surface area contributed by atoms with Crippen molar-refractivity contribution in [3.05, 3.63) is 0 Å². The van der Waals surface area contributed by atoms with Gasteiger partial charge in [-0.05, 0) is 20.3 Å². The quantitative estimate of drug-likeness (QED) is 0.474. The third-order valence-corrected chi connectivity index (χ3v) is 3.19. The first-order valence-electron chi connectivity index (χ1n) is 5.82. The fourth-order valence-electron chi connectivity index (χ4n) is 1.88. The van der Waals surface area contributed by atoms with Gasteiger partial charge in [-0.2, -0.15) is 0 Å². The molecule has 0 saturated carbocycles. The lowest BCUT2D eigenvalue weighted by molar-refractivity contribution is -0.150. The summed E-state index contributed by atoms with van der Waals surface area (Å²) in [6, 6.07) is -1.33. The first-order chi connectivity index (χ1) is 8.31. The van der Waals surface area contributed by atoms with E-state index < -0.39 is 29.2 Å². The molecule has 1 aliphatic rings. The number of esters is 1. The van der Waals surface area contributed by atoms with E-state index in [0.29, 0.717) is 13.0 Å². The highest BCUT2D eigenvalue weighted by Crippen LogP contribution is 2.29. The number of hydrogen-bond donors (Lipinski definition) is 2. The van der Waals surface area contributed by atoms with Crippen molar-refractivity contribution in [2.75, 3.05) is 19.7 Å². The van der Waals surface area contributed by atoms with Gasteiger partial charge in [0.15, 0.2) is 6.04 Å². The smallest absolute Gasteiger partial charge is 0.332 e. The second-order valence-electron chi connectivity index (χ2n) is 4.66. The predicted octanol–water partition coefficient (Wildman–Crippen LogP) is -1.40. The molecule has 1 rings (SSSR count). The zero-order valence-electron chi connectivity index (χ0n) is 10.6. The number of likely N-dealkylation sites (tertiary alicyclic amines) is 1. The van der Waals surface area contributed by atoms with Gasteiger partial charge >= 0.3 is 5.97 Å². The normalized spacial score (nSPS) is 24.7. The SMILES string of the molecule is CCOC(=O)C(N)C(=O)N1CCC(C)(C(N)=O)C1. The number of rotatable bonds is 4. The molecule has 1 heterocycles. The Labute approximate surface area is 105 Å². The van der Waals surface area contributed by atoms with Crippen molar-refractivity contribution in [3.8, 4) is 0 Å². The van der Waals surface area contributed by atoms with E-state index in [9.17, 15) is 14.4 Å². The molecule has 0 aromatic heterocycles. The summed E-state index contributed by atoms with van der Waals surface area (Å²) in [5.74, 6) is -1.74. The van der Waals surface area contributed by atoms with E-state index in [1.54, 1.807) is 13.8 Å². The molecule has 1 saturated heterocycles. The third-order valence-electron chi connectivity index (χ3n) is 3.19. The fraction of sp³-hybridized carbons (Fsp3) is 0.727. The Bertz CT molecular complexity index is 371. The predicted molar refractivity (Wildman–Crippen MR) is 63.1 cm³/mol. The van der Waals surface area contributed by atoms with E-state index in [1.165, 1.54) is 4.90 Å². The summed E-state index contributed by atoms with van der Waals surface area (Å²) in [5.41, 5.74) is 10.0. The average molecular weight is 257 g/mol. The molecule has 0 aromatic carbocycles. The van der Waals surface area contributed by atoms with Crippen LogP contribution < -0.4 is 11.5 Å². The third kappa shape index (κ3) is 2.79. The summed E-state index contributed by atoms with van der Waals surface area (Å²) in [6.45, 7) is 4.05. The molecule has 1 aliphatic heterocycles. The fourth-order valence-corrected chi connectivity index (χ4v) is 1.88. The van der Waals surface area contributed by atoms with Crippen LogP contribution in [0.1, 0.15) is 20.3 Å². The molecule has 18 heavy (non-hydrogen) atoms. The van der Waals surface area contributed by atoms with Crippen molar-refractivity contribution in [2.24, 2.45) is 16.9 Å². The van der Waals surface area contributed by atoms with Crippen LogP contribution in [-0.4, -0.2) is 48.4 Å². The van der Waals surface area contributed by atoms with Gasteiger partial charge in [0, 0.05) is 13.1 Å². The second kappa shape index (κ2) is 5.34. The summed E-state index contributed by atoms with van der Waals surface area (Å²) in [5, 5.41) is 0. The summed E-state index contributed by atoms with van der Waals surface area (Å²) in [4.78, 5) is 35.9. The summed E-state index contributed by atoms with van der Waals surface area (Å²) in [6.07, 6.45) is 0.476. The Morgan fingerprint density at radius 3 is 2.50 bits per heavy atom. The van der Waals surface area contributed by atoms with Gasteiger partial charge in [0.1, 0.15) is 0 Å². The zero-order chi connectivity index (χ0) is 13.9. The molecular weight excluding hydrogens is 238 g/mol. The van der Waals surface area contributed by atoms with Crippen LogP contribution >= 0.6 is 0 Å². The lowest BCUT2D eigenvalue weighted by Crippen LogP contribution is -2.49. The molecular formula is C11H19N3O4. The maximum Gasteiger partial charge on any atom is 0.332 e. The number of primary amides is 1. The standard InChI is InChI=1S/C11H19N3O4/c1-3-18-9(16)7(12)8(15)14-5-4-11(2,6-14)10(13)17/h7H,3-6,12H2,1-2H3,(H2,13,17). The van der Waals surface area contributed by atoms with Crippen LogP contribution in [0.25, 0.3) is 0 Å². The number of carbonyl (C=O) groups is 3. The van der Waals surface area contributed by atoms with Gasteiger partial charge in [0.2, 0.25) is 5.91 Å². The minimum atomic E-state index is -1.33. The number of carbonyl (C=O) groups excluding carboxylic acids is 3. The Kier molecular flexibility index (Phi) is 4.28. The lowest BCUT2D eigenvalue weighted by Gasteiger charge is -2.22. The van der Waals surface area contributed by atoms with Crippen molar-refractivity contribution in [1.82, 2.24) is 4.90 Å². The van der Waals surface area contributed by atoms with Gasteiger partial charge in [0.05, 0.1) is 12.0 Å². The van der Waals surface area contributed by atoms with E-state index in [-0.39, 0.29) is 13.2 Å². The monoisotopic (exact) mass is 257 g/mol. The van der Waals surface area contributed by atoms with Crippen molar-refractivity contribution in [2.45, 2.75) is 26.3 Å². The van der Waals surface area contributed by atoms with E-state index in [1.807, 2.05) is 0 Å². The Hall–Kier alpha value is -1.63. The molecule has 2 amide bonds. The van der Waals surface area contributed by atoms with Gasteiger partial charge in [-0.25, -0.2) is 4.79 Å². The van der Waals surface area contributed by atoms with Crippen LogP contribution in [0.3, 0.4) is 0 Å². The van der Waals surface area contributed by atoms with Crippen LogP contribution in [0.5, 0.6) is 0 Å². The average Bonchev–Trinajstić information content (AvgIpc) is 2.72. The molecule has 0 aliphatic carbocycles. The Morgan fingerprint density at radius 2 is 2.06 bits per heavy atom. The highest BCUT2D eigenvalue weighted by Gasteiger charge is 2.42. The lowest BCUT2D eigenvalue weighted by atomic mass is 9.89. The molecule has 2 atom stereocenters. The van der Waals surface area contributed by atoms with E-state index >= 15 is 0 Å². The number of ether oxygens (including phenoxy) is 1. The van der Waals surface area contributed by atoms with Gasteiger partial charge in [-0.1, -0.05) is 0 Å². The van der Waals surface area contributed by atoms with Crippen molar-refractivity contribution >= 4 is 17.8 Å². The molecule has 0 radical (unpaired) electrons. The van der Waals surface area contributed by atoms with Gasteiger partial charge in [0.25, 0.3) is 5.91 Å². The van der Waals surface area contributed by atoms with Crippen LogP contribution in [0.2, 0.25) is 0 Å². The molecule has 0 spiro atoms. The molecule has 0 aromatic rings. The van der Waals surface area contributed by atoms with Gasteiger partial charge in [-0.3, -0.25) is 9.59 Å². The zero-order valence-corrected chi connectivity index (χ0v) is 10.6. The molecule has 0 bridgehead atoms. The van der Waals surface area contributed by atoms with Crippen LogP contribution in [-0.2, 0) is 19.1 Å². The van der Waals surface area contributed by atoms with Crippen LogP contribution in [0, 0.1) is 5.41 Å². The second-order valence-corrected chi connectivity index (χ2v) is 4.66. The molecule has 1 fully saturated rings. The first kappa shape index (κ1) is 14.4. The van der Waals surface area contributed by atoms with Gasteiger partial charge in [-0.15, -0.1) is 0 Å². The molecule has 102 valence electrons. The molecule has 7 nitrogen and oxygen atoms in total. The minimum absolute atomic E-state index is 0.165. The van der Waals surface area contributed by atoms with Crippen molar-refractivity contribution < 1.29 is 19.1 Å². The molecule has 7 heteroatoms. The Balaban J connectivity index is 2.65. The summed E-state index contributed by atoms with van der Waals surface area (Å²) >= 11 is 0. The van der Waals surface area contributed by atoms with E-state index in [0.717, 1.165) is 0 Å². The van der Waals surface area contributed by atoms with Crippen LogP contribution in [0.4, 0.5) is 0 Å². The largest absolute Gasteiger partial charge is 0.464 e. The summed E-state index contributed by atoms with van der Waals surface area (Å²) in [7, 11) is 0. The number of nitrogens with two attached hydrogens (primary N) is 2. The highest BCUT2D eigenvalue weighted by molar-refractivity contribution is 6.02. The van der Waals surface area contributed by atoms with Crippen LogP contribution in [0.15, 0.2) is 0 Å². The highest BCUT2D eigenvalue weighted by atomic mass is 16.5. The number of amides is 2. The van der Waals surface area contributed by atoms with E-state index in [2.05, 4.69) is 4.74 Å². The topological polar surface area (TPSA) is 116 Å². The molecule has 4 N–H and O–H groups in total. The van der Waals surface area contributed by atoms with Crippen molar-refractivity contribution in [1.29, 1.82) is 0 Å². The maximum atomic E-state index is 11.9. The summed E-state index contributed by atoms with van der Waals surface area (Å²) < 4.78 is 4.68. The minimum Gasteiger partial charge on any atom is -0.464 e. The molecule has 2 unspecified atom stereocenters. The maximum absolute atomic E-state index is 11.9. The van der Waals surface area contributed by atoms with E-state index in [4.69, 9.17) is 11.5 Å².